The van der Waals surface area contributed by atoms with Gasteiger partial charge in [-0.2, -0.15) is 0 Å². The zero-order valence-electron chi connectivity index (χ0n) is 12.2. The Bertz CT molecular complexity index is 547. The molecule has 0 heterocycles. The molecular weight excluding hydrogens is 276 g/mol. The van der Waals surface area contributed by atoms with Crippen LogP contribution in [0.25, 0.3) is 6.08 Å². The molecule has 1 rings (SSSR count). The van der Waals surface area contributed by atoms with Crippen molar-refractivity contribution in [2.45, 2.75) is 13.8 Å². The fourth-order valence-electron chi connectivity index (χ4n) is 1.50. The molecular formula is C15H18O6. The van der Waals surface area contributed by atoms with Crippen molar-refractivity contribution in [2.24, 2.45) is 0 Å². The number of methoxy groups -OCH3 is 1. The van der Waals surface area contributed by atoms with Crippen molar-refractivity contribution < 1.29 is 28.9 Å². The lowest BCUT2D eigenvalue weighted by atomic mass is 10.1. The van der Waals surface area contributed by atoms with Crippen LogP contribution in [0.5, 0.6) is 17.2 Å². The number of aromatic hydroxyl groups is 1. The zero-order chi connectivity index (χ0) is 15.8. The molecule has 0 spiro atoms. The molecule has 0 bridgehead atoms. The second kappa shape index (κ2) is 7.94. The highest BCUT2D eigenvalue weighted by Crippen LogP contribution is 2.37. The van der Waals surface area contributed by atoms with Gasteiger partial charge in [-0.15, -0.1) is 0 Å². The van der Waals surface area contributed by atoms with Crippen molar-refractivity contribution in [2.75, 3.05) is 20.3 Å². The van der Waals surface area contributed by atoms with Gasteiger partial charge in [0.25, 0.3) is 0 Å². The number of benzene rings is 1. The van der Waals surface area contributed by atoms with E-state index in [9.17, 15) is 14.7 Å². The van der Waals surface area contributed by atoms with Crippen LogP contribution in [0, 0.1) is 0 Å². The van der Waals surface area contributed by atoms with E-state index in [4.69, 9.17) is 14.2 Å². The number of carbonyl (C=O) groups excluding carboxylic acids is 2. The summed E-state index contributed by atoms with van der Waals surface area (Å²) >= 11 is 0. The second-order valence-electron chi connectivity index (χ2n) is 4.15. The van der Waals surface area contributed by atoms with Gasteiger partial charge in [0.15, 0.2) is 17.3 Å². The molecule has 0 aromatic heterocycles. The van der Waals surface area contributed by atoms with Crippen LogP contribution >= 0.6 is 0 Å². The fraction of sp³-hybridized carbons (Fsp3) is 0.333. The number of phenols is 1. The summed E-state index contributed by atoms with van der Waals surface area (Å²) in [5.74, 6) is -0.573. The average Bonchev–Trinajstić information content (AvgIpc) is 2.44. The van der Waals surface area contributed by atoms with Gasteiger partial charge >= 0.3 is 5.97 Å². The van der Waals surface area contributed by atoms with Gasteiger partial charge in [0, 0.05) is 6.08 Å². The number of Topliss-reactive ketones (excluding diaryl/α,β-unsaturated/α-hetero) is 1. The van der Waals surface area contributed by atoms with Crippen LogP contribution in [0.4, 0.5) is 0 Å². The molecule has 0 unspecified atom stereocenters. The van der Waals surface area contributed by atoms with E-state index in [1.54, 1.807) is 6.92 Å². The second-order valence-corrected chi connectivity index (χ2v) is 4.15. The Morgan fingerprint density at radius 3 is 2.52 bits per heavy atom. The van der Waals surface area contributed by atoms with Crippen molar-refractivity contribution >= 4 is 17.8 Å². The molecule has 21 heavy (non-hydrogen) atoms. The molecule has 1 N–H and O–H groups in total. The minimum atomic E-state index is -0.476. The molecule has 0 atom stereocenters. The zero-order valence-corrected chi connectivity index (χ0v) is 12.2. The summed E-state index contributed by atoms with van der Waals surface area (Å²) in [6, 6.07) is 3.03. The van der Waals surface area contributed by atoms with Crippen molar-refractivity contribution in [3.05, 3.63) is 23.8 Å². The highest BCUT2D eigenvalue weighted by atomic mass is 16.5. The van der Waals surface area contributed by atoms with Gasteiger partial charge in [-0.1, -0.05) is 0 Å². The minimum absolute atomic E-state index is 0.105. The smallest absolute Gasteiger partial charge is 0.330 e. The summed E-state index contributed by atoms with van der Waals surface area (Å²) in [5, 5.41) is 9.91. The van der Waals surface area contributed by atoms with Crippen LogP contribution in [-0.2, 0) is 14.3 Å². The Balaban J connectivity index is 3.01. The quantitative estimate of drug-likeness (QED) is 0.611. The van der Waals surface area contributed by atoms with Gasteiger partial charge in [-0.25, -0.2) is 4.79 Å². The standard InChI is InChI=1S/C15H18O6/c1-4-20-14(17)6-5-11-7-12(19-3)15(18)13(8-11)21-9-10(2)16/h5-8,18H,4,9H2,1-3H3/b6-5+. The fourth-order valence-corrected chi connectivity index (χ4v) is 1.50. The number of ether oxygens (including phenoxy) is 3. The highest BCUT2D eigenvalue weighted by Gasteiger charge is 2.12. The van der Waals surface area contributed by atoms with E-state index in [0.29, 0.717) is 5.56 Å². The third kappa shape index (κ3) is 5.18. The lowest BCUT2D eigenvalue weighted by molar-refractivity contribution is -0.137. The highest BCUT2D eigenvalue weighted by molar-refractivity contribution is 5.87. The first-order valence-corrected chi connectivity index (χ1v) is 6.36. The van der Waals surface area contributed by atoms with Gasteiger partial charge in [0.05, 0.1) is 13.7 Å². The van der Waals surface area contributed by atoms with Gasteiger partial charge in [0.1, 0.15) is 6.61 Å². The molecule has 0 fully saturated rings. The topological polar surface area (TPSA) is 82.1 Å². The van der Waals surface area contributed by atoms with Crippen LogP contribution < -0.4 is 9.47 Å². The number of hydrogen-bond donors (Lipinski definition) is 1. The minimum Gasteiger partial charge on any atom is -0.502 e. The number of phenolic OH excluding ortho intramolecular Hbond substituents is 1. The number of rotatable bonds is 7. The molecule has 1 aromatic carbocycles. The van der Waals surface area contributed by atoms with Gasteiger partial charge in [0.2, 0.25) is 5.75 Å². The van der Waals surface area contributed by atoms with Crippen LogP contribution in [0.1, 0.15) is 19.4 Å². The molecule has 0 saturated carbocycles. The largest absolute Gasteiger partial charge is 0.502 e. The number of ketones is 1. The van der Waals surface area contributed by atoms with Gasteiger partial charge < -0.3 is 19.3 Å². The summed E-state index contributed by atoms with van der Waals surface area (Å²) in [5.41, 5.74) is 0.566. The van der Waals surface area contributed by atoms with E-state index in [1.807, 2.05) is 0 Å². The molecule has 0 aliphatic rings. The molecule has 1 aromatic rings. The van der Waals surface area contributed by atoms with Gasteiger partial charge in [-0.3, -0.25) is 4.79 Å². The Labute approximate surface area is 122 Å². The lowest BCUT2D eigenvalue weighted by Gasteiger charge is -2.11. The predicted octanol–water partition coefficient (Wildman–Crippen LogP) is 1.94. The van der Waals surface area contributed by atoms with Crippen LogP contribution in [0.2, 0.25) is 0 Å². The van der Waals surface area contributed by atoms with E-state index in [-0.39, 0.29) is 36.2 Å². The summed E-state index contributed by atoms with van der Waals surface area (Å²) in [7, 11) is 1.39. The first-order chi connectivity index (χ1) is 9.97. The van der Waals surface area contributed by atoms with Crippen LogP contribution in [0.15, 0.2) is 18.2 Å². The van der Waals surface area contributed by atoms with Crippen LogP contribution in [0.3, 0.4) is 0 Å². The first kappa shape index (κ1) is 16.6. The number of esters is 1. The Morgan fingerprint density at radius 2 is 1.95 bits per heavy atom. The summed E-state index contributed by atoms with van der Waals surface area (Å²) in [6.45, 7) is 3.21. The normalized spacial score (nSPS) is 10.4. The van der Waals surface area contributed by atoms with Crippen molar-refractivity contribution in [3.8, 4) is 17.2 Å². The average molecular weight is 294 g/mol. The van der Waals surface area contributed by atoms with E-state index in [1.165, 1.54) is 38.3 Å². The summed E-state index contributed by atoms with van der Waals surface area (Å²) in [4.78, 5) is 22.2. The Kier molecular flexibility index (Phi) is 6.26. The maximum absolute atomic E-state index is 11.3. The van der Waals surface area contributed by atoms with E-state index in [0.717, 1.165) is 0 Å². The first-order valence-electron chi connectivity index (χ1n) is 6.36. The molecule has 6 heteroatoms. The third-order valence-electron chi connectivity index (χ3n) is 2.41. The molecule has 0 amide bonds. The Hall–Kier alpha value is -2.50. The Morgan fingerprint density at radius 1 is 1.29 bits per heavy atom. The monoisotopic (exact) mass is 294 g/mol. The van der Waals surface area contributed by atoms with Crippen molar-refractivity contribution in [1.29, 1.82) is 0 Å². The van der Waals surface area contributed by atoms with E-state index < -0.39 is 5.97 Å². The third-order valence-corrected chi connectivity index (χ3v) is 2.41. The molecule has 6 nitrogen and oxygen atoms in total. The van der Waals surface area contributed by atoms with Crippen molar-refractivity contribution in [1.82, 2.24) is 0 Å². The molecule has 0 aliphatic heterocycles. The predicted molar refractivity (Wildman–Crippen MR) is 76.5 cm³/mol. The molecule has 114 valence electrons. The van der Waals surface area contributed by atoms with Gasteiger partial charge in [-0.05, 0) is 37.6 Å². The number of hydrogen-bond acceptors (Lipinski definition) is 6. The number of carbonyl (C=O) groups is 2. The van der Waals surface area contributed by atoms with Crippen molar-refractivity contribution in [3.63, 3.8) is 0 Å². The maximum atomic E-state index is 11.3. The molecule has 0 saturated heterocycles. The maximum Gasteiger partial charge on any atom is 0.330 e. The van der Waals surface area contributed by atoms with Crippen LogP contribution in [-0.4, -0.2) is 37.2 Å². The molecule has 0 radical (unpaired) electrons. The summed E-state index contributed by atoms with van der Waals surface area (Å²) in [6.07, 6.45) is 2.75. The summed E-state index contributed by atoms with van der Waals surface area (Å²) < 4.78 is 15.0. The molecule has 0 aliphatic carbocycles. The lowest BCUT2D eigenvalue weighted by Crippen LogP contribution is -2.07. The SMILES string of the molecule is CCOC(=O)/C=C/c1cc(OC)c(O)c(OCC(C)=O)c1. The van der Waals surface area contributed by atoms with E-state index >= 15 is 0 Å². The van der Waals surface area contributed by atoms with E-state index in [2.05, 4.69) is 0 Å².